The number of para-hydroxylation sites is 1. The lowest BCUT2D eigenvalue weighted by atomic mass is 10.0. The lowest BCUT2D eigenvalue weighted by Crippen LogP contribution is -2.24. The molecule has 0 aliphatic heterocycles. The maximum Gasteiger partial charge on any atom is 0.307 e. The Kier molecular flexibility index (Phi) is 6.70. The number of aromatic nitrogens is 1. The van der Waals surface area contributed by atoms with Gasteiger partial charge in [0.25, 0.3) is 0 Å². The van der Waals surface area contributed by atoms with Crippen molar-refractivity contribution in [1.82, 2.24) is 9.71 Å². The van der Waals surface area contributed by atoms with Gasteiger partial charge in [-0.1, -0.05) is 65.1 Å². The Morgan fingerprint density at radius 1 is 0.909 bits per heavy atom. The summed E-state index contributed by atoms with van der Waals surface area (Å²) < 4.78 is 28.6. The Labute approximate surface area is 205 Å². The van der Waals surface area contributed by atoms with Crippen LogP contribution in [0.5, 0.6) is 0 Å². The van der Waals surface area contributed by atoms with Gasteiger partial charge in [-0.15, -0.1) is 0 Å². The van der Waals surface area contributed by atoms with Crippen LogP contribution in [0.3, 0.4) is 0 Å². The molecule has 0 amide bonds. The lowest BCUT2D eigenvalue weighted by Gasteiger charge is -2.12. The van der Waals surface area contributed by atoms with Crippen LogP contribution in [0.4, 0.5) is 0 Å². The first-order valence-corrected chi connectivity index (χ1v) is 12.3. The number of carboxylic acids is 1. The molecule has 10 heteroatoms. The van der Waals surface area contributed by atoms with Crippen molar-refractivity contribution in [1.29, 1.82) is 0 Å². The highest BCUT2D eigenvalue weighted by Crippen LogP contribution is 2.34. The van der Waals surface area contributed by atoms with E-state index in [0.717, 1.165) is 10.9 Å². The smallest absolute Gasteiger partial charge is 0.307 e. The zero-order valence-corrected chi connectivity index (χ0v) is 20.0. The minimum Gasteiger partial charge on any atom is -0.481 e. The lowest BCUT2D eigenvalue weighted by molar-refractivity contribution is -0.136. The first-order chi connectivity index (χ1) is 15.7. The minimum absolute atomic E-state index is 0.0207. The van der Waals surface area contributed by atoms with Crippen molar-refractivity contribution >= 4 is 61.7 Å². The summed E-state index contributed by atoms with van der Waals surface area (Å²) >= 11 is 18.5. The molecule has 0 unspecified atom stereocenters. The predicted molar refractivity (Wildman–Crippen MR) is 131 cm³/mol. The van der Waals surface area contributed by atoms with Crippen molar-refractivity contribution in [2.75, 3.05) is 0 Å². The molecular weight excluding hydrogens is 507 g/mol. The zero-order chi connectivity index (χ0) is 23.8. The van der Waals surface area contributed by atoms with Crippen LogP contribution in [-0.2, 0) is 27.8 Å². The van der Waals surface area contributed by atoms with Gasteiger partial charge in [-0.05, 0) is 41.5 Å². The number of hydrogen-bond donors (Lipinski definition) is 3. The summed E-state index contributed by atoms with van der Waals surface area (Å²) in [5.74, 6) is -0.999. The van der Waals surface area contributed by atoms with Crippen molar-refractivity contribution in [2.45, 2.75) is 17.9 Å². The van der Waals surface area contributed by atoms with Gasteiger partial charge in [0, 0.05) is 33.1 Å². The second-order valence-electron chi connectivity index (χ2n) is 7.26. The monoisotopic (exact) mass is 522 g/mol. The Balaban J connectivity index is 1.75. The number of carboxylic acid groups (broad SMARTS) is 1. The van der Waals surface area contributed by atoms with Crippen molar-refractivity contribution in [2.24, 2.45) is 0 Å². The highest BCUT2D eigenvalue weighted by molar-refractivity contribution is 7.89. The number of benzene rings is 3. The quantitative estimate of drug-likeness (QED) is 0.281. The fraction of sp³-hybridized carbons (Fsp3) is 0.0870. The number of hydrogen-bond acceptors (Lipinski definition) is 3. The number of rotatable bonds is 7. The van der Waals surface area contributed by atoms with E-state index >= 15 is 0 Å². The molecule has 33 heavy (non-hydrogen) atoms. The van der Waals surface area contributed by atoms with Crippen LogP contribution >= 0.6 is 34.8 Å². The number of aliphatic carboxylic acids is 1. The Morgan fingerprint density at radius 3 is 2.30 bits per heavy atom. The third kappa shape index (κ3) is 4.88. The number of sulfonamides is 1. The summed E-state index contributed by atoms with van der Waals surface area (Å²) in [4.78, 5) is 14.5. The molecule has 0 atom stereocenters. The maximum atomic E-state index is 13.1. The largest absolute Gasteiger partial charge is 0.481 e. The van der Waals surface area contributed by atoms with E-state index in [1.807, 2.05) is 24.3 Å². The highest BCUT2D eigenvalue weighted by Gasteiger charge is 2.22. The fourth-order valence-corrected chi connectivity index (χ4v) is 5.64. The number of nitrogens with one attached hydrogen (secondary N) is 2. The molecule has 0 bridgehead atoms. The fourth-order valence-electron chi connectivity index (χ4n) is 3.59. The molecule has 3 N–H and O–H groups in total. The molecule has 6 nitrogen and oxygen atoms in total. The van der Waals surface area contributed by atoms with E-state index in [4.69, 9.17) is 34.8 Å². The van der Waals surface area contributed by atoms with Gasteiger partial charge >= 0.3 is 5.97 Å². The normalized spacial score (nSPS) is 11.7. The molecule has 0 aliphatic rings. The summed E-state index contributed by atoms with van der Waals surface area (Å²) in [6.07, 6.45) is -0.229. The Hall–Kier alpha value is -2.55. The number of aromatic amines is 1. The van der Waals surface area contributed by atoms with E-state index < -0.39 is 16.0 Å². The first kappa shape index (κ1) is 23.6. The molecule has 0 radical (unpaired) electrons. The molecule has 0 saturated heterocycles. The van der Waals surface area contributed by atoms with Crippen molar-refractivity contribution in [3.05, 3.63) is 86.9 Å². The Bertz CT molecular complexity index is 1460. The maximum absolute atomic E-state index is 13.1. The third-order valence-electron chi connectivity index (χ3n) is 5.15. The molecular formula is C23H17Cl3N2O4S. The van der Waals surface area contributed by atoms with Crippen LogP contribution in [0, 0.1) is 0 Å². The predicted octanol–water partition coefficient (Wildman–Crippen LogP) is 5.90. The number of H-pyrrole nitrogens is 1. The number of fused-ring (bicyclic) bond motifs is 1. The van der Waals surface area contributed by atoms with Crippen LogP contribution in [0.15, 0.2) is 65.6 Å². The van der Waals surface area contributed by atoms with Gasteiger partial charge in [-0.2, -0.15) is 0 Å². The van der Waals surface area contributed by atoms with Crippen LogP contribution in [-0.4, -0.2) is 24.5 Å². The molecule has 3 aromatic carbocycles. The van der Waals surface area contributed by atoms with Gasteiger partial charge in [0.15, 0.2) is 0 Å². The summed E-state index contributed by atoms with van der Waals surface area (Å²) in [7, 11) is -4.05. The van der Waals surface area contributed by atoms with Crippen molar-refractivity contribution in [3.63, 3.8) is 0 Å². The van der Waals surface area contributed by atoms with Crippen molar-refractivity contribution in [3.8, 4) is 11.3 Å². The van der Waals surface area contributed by atoms with Gasteiger partial charge in [-0.3, -0.25) is 4.79 Å². The minimum atomic E-state index is -4.05. The molecule has 0 aliphatic carbocycles. The van der Waals surface area contributed by atoms with Gasteiger partial charge in [0.1, 0.15) is 4.90 Å². The third-order valence-corrected chi connectivity index (χ3v) is 7.74. The number of carbonyl (C=O) groups is 1. The average Bonchev–Trinajstić information content (AvgIpc) is 3.11. The second kappa shape index (κ2) is 9.37. The molecule has 1 heterocycles. The Morgan fingerprint density at radius 2 is 1.61 bits per heavy atom. The van der Waals surface area contributed by atoms with Crippen molar-refractivity contribution < 1.29 is 18.3 Å². The average molecular weight is 524 g/mol. The molecule has 1 aromatic heterocycles. The second-order valence-corrected chi connectivity index (χ2v) is 10.2. The van der Waals surface area contributed by atoms with E-state index in [9.17, 15) is 18.3 Å². The van der Waals surface area contributed by atoms with E-state index in [0.29, 0.717) is 32.4 Å². The zero-order valence-electron chi connectivity index (χ0n) is 16.9. The molecule has 0 fully saturated rings. The summed E-state index contributed by atoms with van der Waals surface area (Å²) in [5.41, 5.74) is 2.74. The van der Waals surface area contributed by atoms with Gasteiger partial charge in [0.2, 0.25) is 10.0 Å². The SMILES string of the molecule is O=C(O)Cc1c(-c2ccc(Cl)c(S(=O)(=O)NCc3c(Cl)cccc3Cl)c2)[nH]c2ccccc12. The van der Waals surface area contributed by atoms with E-state index in [1.54, 1.807) is 24.3 Å². The number of halogens is 3. The molecule has 0 spiro atoms. The summed E-state index contributed by atoms with van der Waals surface area (Å²) in [6.45, 7) is -0.127. The van der Waals surface area contributed by atoms with Crippen LogP contribution in [0.25, 0.3) is 22.2 Å². The van der Waals surface area contributed by atoms with Gasteiger partial charge in [-0.25, -0.2) is 13.1 Å². The summed E-state index contributed by atoms with van der Waals surface area (Å²) in [5, 5.41) is 10.8. The summed E-state index contributed by atoms with van der Waals surface area (Å²) in [6, 6.07) is 16.7. The van der Waals surface area contributed by atoms with Crippen LogP contribution in [0.1, 0.15) is 11.1 Å². The van der Waals surface area contributed by atoms with E-state index in [-0.39, 0.29) is 22.9 Å². The van der Waals surface area contributed by atoms with E-state index in [1.165, 1.54) is 12.1 Å². The van der Waals surface area contributed by atoms with Gasteiger partial charge in [0.05, 0.1) is 17.1 Å². The molecule has 4 aromatic rings. The molecule has 170 valence electrons. The van der Waals surface area contributed by atoms with E-state index in [2.05, 4.69) is 9.71 Å². The van der Waals surface area contributed by atoms with Crippen LogP contribution in [0.2, 0.25) is 15.1 Å². The topological polar surface area (TPSA) is 99.3 Å². The molecule has 4 rings (SSSR count). The standard InChI is InChI=1S/C23H17Cl3N2O4S/c24-17-5-3-6-18(25)16(17)12-27-33(31,32)21-10-13(8-9-19(21)26)23-15(11-22(29)30)14-4-1-2-7-20(14)28-23/h1-10,27-28H,11-12H2,(H,29,30). The van der Waals surface area contributed by atoms with Gasteiger partial charge < -0.3 is 10.1 Å². The first-order valence-electron chi connectivity index (χ1n) is 9.71. The molecule has 0 saturated carbocycles. The highest BCUT2D eigenvalue weighted by atomic mass is 35.5. The van der Waals surface area contributed by atoms with Crippen LogP contribution < -0.4 is 4.72 Å².